The van der Waals surface area contributed by atoms with E-state index in [0.717, 1.165) is 29.3 Å². The molecule has 0 bridgehead atoms. The molecular formula is C12H15N5. The molecule has 0 aromatic carbocycles. The molecule has 0 radical (unpaired) electrons. The second-order valence-electron chi connectivity index (χ2n) is 4.41. The number of fused-ring (bicyclic) bond motifs is 1. The molecule has 17 heavy (non-hydrogen) atoms. The summed E-state index contributed by atoms with van der Waals surface area (Å²) in [4.78, 5) is 8.37. The fraction of sp³-hybridized carbons (Fsp3) is 0.417. The predicted molar refractivity (Wildman–Crippen MR) is 66.7 cm³/mol. The molecule has 1 aliphatic carbocycles. The lowest BCUT2D eigenvalue weighted by Gasteiger charge is -2.01. The maximum Gasteiger partial charge on any atom is 0.186 e. The van der Waals surface area contributed by atoms with Crippen LogP contribution in [0.2, 0.25) is 0 Å². The third-order valence-electron chi connectivity index (χ3n) is 2.85. The Morgan fingerprint density at radius 1 is 1.47 bits per heavy atom. The van der Waals surface area contributed by atoms with Crippen LogP contribution in [0.1, 0.15) is 12.8 Å². The lowest BCUT2D eigenvalue weighted by atomic mass is 10.3. The zero-order valence-electron chi connectivity index (χ0n) is 9.80. The van der Waals surface area contributed by atoms with Crippen molar-refractivity contribution >= 4 is 16.9 Å². The molecule has 0 saturated heterocycles. The van der Waals surface area contributed by atoms with Crippen LogP contribution in [-0.4, -0.2) is 26.3 Å². The summed E-state index contributed by atoms with van der Waals surface area (Å²) in [5.41, 5.74) is 0.733. The van der Waals surface area contributed by atoms with Gasteiger partial charge >= 0.3 is 0 Å². The van der Waals surface area contributed by atoms with Crippen molar-refractivity contribution in [2.24, 2.45) is 13.0 Å². The van der Waals surface area contributed by atoms with Crippen LogP contribution >= 0.6 is 0 Å². The quantitative estimate of drug-likeness (QED) is 0.811. The van der Waals surface area contributed by atoms with Gasteiger partial charge in [-0.2, -0.15) is 5.10 Å². The molecule has 3 rings (SSSR count). The monoisotopic (exact) mass is 229 g/mol. The Labute approximate surface area is 99.6 Å². The van der Waals surface area contributed by atoms with E-state index in [4.69, 9.17) is 0 Å². The van der Waals surface area contributed by atoms with Gasteiger partial charge in [-0.3, -0.25) is 4.68 Å². The van der Waals surface area contributed by atoms with E-state index in [-0.39, 0.29) is 0 Å². The standard InChI is InChI=1S/C12H15N5/c1-17-7-10-11(14-8-15-12(10)16-17)13-6-2-3-9-4-5-9/h2-3,7-9H,4-6H2,1H3,(H,13,14,15,16)/b3-2+. The molecular weight excluding hydrogens is 214 g/mol. The molecule has 0 unspecified atom stereocenters. The third kappa shape index (κ3) is 2.27. The fourth-order valence-electron chi connectivity index (χ4n) is 1.80. The first-order chi connectivity index (χ1) is 8.33. The van der Waals surface area contributed by atoms with Gasteiger partial charge in [0.1, 0.15) is 12.1 Å². The molecule has 1 N–H and O–H groups in total. The van der Waals surface area contributed by atoms with E-state index in [1.165, 1.54) is 12.8 Å². The van der Waals surface area contributed by atoms with Crippen LogP contribution in [0, 0.1) is 5.92 Å². The van der Waals surface area contributed by atoms with Gasteiger partial charge in [0.15, 0.2) is 5.65 Å². The minimum Gasteiger partial charge on any atom is -0.366 e. The molecule has 88 valence electrons. The van der Waals surface area contributed by atoms with Gasteiger partial charge in [-0.25, -0.2) is 9.97 Å². The zero-order chi connectivity index (χ0) is 11.7. The van der Waals surface area contributed by atoms with Crippen molar-refractivity contribution in [1.82, 2.24) is 19.7 Å². The first-order valence-corrected chi connectivity index (χ1v) is 5.88. The number of hydrogen-bond acceptors (Lipinski definition) is 4. The van der Waals surface area contributed by atoms with Crippen molar-refractivity contribution in [3.8, 4) is 0 Å². The highest BCUT2D eigenvalue weighted by Gasteiger charge is 2.16. The van der Waals surface area contributed by atoms with E-state index < -0.39 is 0 Å². The second kappa shape index (κ2) is 4.16. The van der Waals surface area contributed by atoms with Gasteiger partial charge in [0.2, 0.25) is 0 Å². The van der Waals surface area contributed by atoms with E-state index in [1.54, 1.807) is 11.0 Å². The van der Waals surface area contributed by atoms with Crippen LogP contribution in [0.3, 0.4) is 0 Å². The molecule has 2 aromatic rings. The van der Waals surface area contributed by atoms with Crippen molar-refractivity contribution in [2.75, 3.05) is 11.9 Å². The fourth-order valence-corrected chi connectivity index (χ4v) is 1.80. The Hall–Kier alpha value is -1.91. The van der Waals surface area contributed by atoms with Crippen LogP contribution in [0.15, 0.2) is 24.7 Å². The molecule has 0 aliphatic heterocycles. The molecule has 0 amide bonds. The van der Waals surface area contributed by atoms with Gasteiger partial charge in [-0.1, -0.05) is 12.2 Å². The second-order valence-corrected chi connectivity index (χ2v) is 4.41. The van der Waals surface area contributed by atoms with E-state index in [1.807, 2.05) is 13.2 Å². The lowest BCUT2D eigenvalue weighted by molar-refractivity contribution is 0.775. The van der Waals surface area contributed by atoms with Crippen LogP contribution in [0.4, 0.5) is 5.82 Å². The Kier molecular flexibility index (Phi) is 2.51. The minimum atomic E-state index is 0.733. The first-order valence-electron chi connectivity index (χ1n) is 5.88. The summed E-state index contributed by atoms with van der Waals surface area (Å²) < 4.78 is 1.75. The smallest absolute Gasteiger partial charge is 0.186 e. The molecule has 5 nitrogen and oxygen atoms in total. The summed E-state index contributed by atoms with van der Waals surface area (Å²) in [5, 5.41) is 8.51. The van der Waals surface area contributed by atoms with Gasteiger partial charge in [0.25, 0.3) is 0 Å². The summed E-state index contributed by atoms with van der Waals surface area (Å²) >= 11 is 0. The summed E-state index contributed by atoms with van der Waals surface area (Å²) in [6, 6.07) is 0. The van der Waals surface area contributed by atoms with Gasteiger partial charge in [0, 0.05) is 19.8 Å². The Bertz CT molecular complexity index is 553. The van der Waals surface area contributed by atoms with Crippen LogP contribution in [-0.2, 0) is 7.05 Å². The summed E-state index contributed by atoms with van der Waals surface area (Å²) in [7, 11) is 1.89. The number of hydrogen-bond donors (Lipinski definition) is 1. The topological polar surface area (TPSA) is 55.6 Å². The number of aryl methyl sites for hydroxylation is 1. The highest BCUT2D eigenvalue weighted by molar-refractivity contribution is 5.85. The van der Waals surface area contributed by atoms with Gasteiger partial charge in [-0.05, 0) is 18.8 Å². The van der Waals surface area contributed by atoms with E-state index in [0.29, 0.717) is 0 Å². The predicted octanol–water partition coefficient (Wildman–Crippen LogP) is 1.74. The normalized spacial score (nSPS) is 15.8. The zero-order valence-corrected chi connectivity index (χ0v) is 9.80. The maximum absolute atomic E-state index is 4.25. The molecule has 1 aliphatic rings. The maximum atomic E-state index is 4.25. The highest BCUT2D eigenvalue weighted by atomic mass is 15.3. The summed E-state index contributed by atoms with van der Waals surface area (Å²) in [5.74, 6) is 1.67. The van der Waals surface area contributed by atoms with Crippen molar-refractivity contribution in [3.63, 3.8) is 0 Å². The number of anilines is 1. The largest absolute Gasteiger partial charge is 0.366 e. The SMILES string of the molecule is Cn1cc2c(NC/C=C/C3CC3)ncnc2n1. The number of nitrogens with zero attached hydrogens (tertiary/aromatic N) is 4. The average molecular weight is 229 g/mol. The molecule has 1 saturated carbocycles. The Morgan fingerprint density at radius 3 is 3.18 bits per heavy atom. The van der Waals surface area contributed by atoms with Crippen LogP contribution in [0.5, 0.6) is 0 Å². The summed E-state index contributed by atoms with van der Waals surface area (Å²) in [6.07, 6.45) is 10.6. The number of aromatic nitrogens is 4. The van der Waals surface area contributed by atoms with Crippen LogP contribution in [0.25, 0.3) is 11.0 Å². The molecule has 5 heteroatoms. The minimum absolute atomic E-state index is 0.733. The van der Waals surface area contributed by atoms with E-state index >= 15 is 0 Å². The number of allylic oxidation sites excluding steroid dienone is 1. The third-order valence-corrected chi connectivity index (χ3v) is 2.85. The molecule has 2 heterocycles. The summed E-state index contributed by atoms with van der Waals surface area (Å²) in [6.45, 7) is 0.803. The van der Waals surface area contributed by atoms with Gasteiger partial charge < -0.3 is 5.32 Å². The van der Waals surface area contributed by atoms with E-state index in [2.05, 4.69) is 32.5 Å². The van der Waals surface area contributed by atoms with Gasteiger partial charge in [0.05, 0.1) is 5.39 Å². The highest BCUT2D eigenvalue weighted by Crippen LogP contribution is 2.29. The average Bonchev–Trinajstić information content (AvgIpc) is 3.05. The van der Waals surface area contributed by atoms with E-state index in [9.17, 15) is 0 Å². The first kappa shape index (κ1) is 10.3. The van der Waals surface area contributed by atoms with Gasteiger partial charge in [-0.15, -0.1) is 0 Å². The molecule has 0 atom stereocenters. The molecule has 1 fully saturated rings. The molecule has 2 aromatic heterocycles. The van der Waals surface area contributed by atoms with Crippen molar-refractivity contribution in [3.05, 3.63) is 24.7 Å². The Balaban J connectivity index is 1.74. The number of nitrogens with one attached hydrogen (secondary N) is 1. The Morgan fingerprint density at radius 2 is 2.35 bits per heavy atom. The van der Waals surface area contributed by atoms with Crippen molar-refractivity contribution in [1.29, 1.82) is 0 Å². The van der Waals surface area contributed by atoms with Crippen molar-refractivity contribution < 1.29 is 0 Å². The van der Waals surface area contributed by atoms with Crippen LogP contribution < -0.4 is 5.32 Å². The van der Waals surface area contributed by atoms with Crippen molar-refractivity contribution in [2.45, 2.75) is 12.8 Å². The lowest BCUT2D eigenvalue weighted by Crippen LogP contribution is -2.01. The number of rotatable bonds is 4. The molecule has 0 spiro atoms.